The largest absolute Gasteiger partial charge is 0.351 e. The summed E-state index contributed by atoms with van der Waals surface area (Å²) in [6.07, 6.45) is 1.95. The molecule has 0 saturated heterocycles. The fourth-order valence-corrected chi connectivity index (χ4v) is 3.35. The van der Waals surface area contributed by atoms with E-state index in [2.05, 4.69) is 27.2 Å². The highest BCUT2D eigenvalue weighted by Crippen LogP contribution is 2.22. The van der Waals surface area contributed by atoms with Gasteiger partial charge in [0, 0.05) is 28.2 Å². The molecular formula is C22H16N4O. The predicted molar refractivity (Wildman–Crippen MR) is 107 cm³/mol. The summed E-state index contributed by atoms with van der Waals surface area (Å²) in [5, 5.41) is 5.29. The van der Waals surface area contributed by atoms with Crippen molar-refractivity contribution in [1.29, 1.82) is 0 Å². The number of pyridine rings is 2. The van der Waals surface area contributed by atoms with E-state index in [-0.39, 0.29) is 5.43 Å². The van der Waals surface area contributed by atoms with Gasteiger partial charge in [0.1, 0.15) is 0 Å². The molecule has 0 aliphatic heterocycles. The van der Waals surface area contributed by atoms with Gasteiger partial charge in [-0.2, -0.15) is 0 Å². The minimum Gasteiger partial charge on any atom is -0.351 e. The van der Waals surface area contributed by atoms with Crippen LogP contribution in [0.2, 0.25) is 0 Å². The molecule has 27 heavy (non-hydrogen) atoms. The Morgan fingerprint density at radius 2 is 1.67 bits per heavy atom. The van der Waals surface area contributed by atoms with Gasteiger partial charge in [-0.3, -0.25) is 4.79 Å². The monoisotopic (exact) mass is 352 g/mol. The summed E-state index contributed by atoms with van der Waals surface area (Å²) in [7, 11) is 0. The molecule has 1 N–H and O–H groups in total. The maximum absolute atomic E-state index is 12.7. The lowest BCUT2D eigenvalue weighted by Gasteiger charge is -2.04. The quantitative estimate of drug-likeness (QED) is 0.517. The van der Waals surface area contributed by atoms with Crippen LogP contribution in [0.3, 0.4) is 0 Å². The van der Waals surface area contributed by atoms with Crippen LogP contribution in [0, 0.1) is 6.92 Å². The summed E-state index contributed by atoms with van der Waals surface area (Å²) in [6.45, 7) is 1.81. The van der Waals surface area contributed by atoms with Crippen LogP contribution in [0.5, 0.6) is 0 Å². The molecule has 5 nitrogen and oxygen atoms in total. The highest BCUT2D eigenvalue weighted by Gasteiger charge is 2.14. The fraction of sp³-hybridized carbons (Fsp3) is 0.0455. The number of para-hydroxylation sites is 1. The molecular weight excluding hydrogens is 336 g/mol. The molecule has 0 radical (unpaired) electrons. The lowest BCUT2D eigenvalue weighted by atomic mass is 10.1. The van der Waals surface area contributed by atoms with E-state index in [9.17, 15) is 4.79 Å². The molecule has 0 bridgehead atoms. The van der Waals surface area contributed by atoms with E-state index in [4.69, 9.17) is 0 Å². The molecule has 0 unspecified atom stereocenters. The fourth-order valence-electron chi connectivity index (χ4n) is 3.35. The van der Waals surface area contributed by atoms with Crippen LogP contribution < -0.4 is 5.43 Å². The summed E-state index contributed by atoms with van der Waals surface area (Å²) in [5.74, 6) is 0.514. The third kappa shape index (κ3) is 2.52. The standard InChI is InChI=1S/C22H16N4O/c1-14-20(23-18-10-6-5-9-17(18)21(14)27)22-24-19-12-11-16(13-26(19)25-22)15-7-3-2-4-8-15/h2-13H,1H3,(H,23,27). The second kappa shape index (κ2) is 5.92. The first-order valence-corrected chi connectivity index (χ1v) is 8.74. The van der Waals surface area contributed by atoms with Crippen molar-refractivity contribution in [3.05, 3.63) is 88.7 Å². The Bertz CT molecular complexity index is 1350. The van der Waals surface area contributed by atoms with Crippen LogP contribution in [0.15, 0.2) is 77.7 Å². The topological polar surface area (TPSA) is 63.1 Å². The average molecular weight is 352 g/mol. The number of nitrogens with zero attached hydrogens (tertiary/aromatic N) is 3. The van der Waals surface area contributed by atoms with E-state index < -0.39 is 0 Å². The molecule has 0 fully saturated rings. The summed E-state index contributed by atoms with van der Waals surface area (Å²) < 4.78 is 1.75. The van der Waals surface area contributed by atoms with Crippen molar-refractivity contribution >= 4 is 16.6 Å². The number of hydrogen-bond acceptors (Lipinski definition) is 3. The first-order chi connectivity index (χ1) is 13.2. The number of rotatable bonds is 2. The van der Waals surface area contributed by atoms with E-state index in [0.29, 0.717) is 22.5 Å². The van der Waals surface area contributed by atoms with Gasteiger partial charge < -0.3 is 4.98 Å². The van der Waals surface area contributed by atoms with Crippen molar-refractivity contribution in [2.45, 2.75) is 6.92 Å². The van der Waals surface area contributed by atoms with Gasteiger partial charge in [-0.15, -0.1) is 5.10 Å². The first-order valence-electron chi connectivity index (χ1n) is 8.74. The summed E-state index contributed by atoms with van der Waals surface area (Å²) in [6, 6.07) is 21.6. The molecule has 0 aliphatic rings. The van der Waals surface area contributed by atoms with E-state index in [1.165, 1.54) is 0 Å². The number of fused-ring (bicyclic) bond motifs is 2. The first kappa shape index (κ1) is 15.5. The third-order valence-electron chi connectivity index (χ3n) is 4.81. The third-order valence-corrected chi connectivity index (χ3v) is 4.81. The number of benzene rings is 2. The molecule has 0 amide bonds. The zero-order valence-electron chi connectivity index (χ0n) is 14.7. The van der Waals surface area contributed by atoms with Crippen LogP contribution in [0.4, 0.5) is 0 Å². The van der Waals surface area contributed by atoms with Crippen LogP contribution in [0.1, 0.15) is 5.56 Å². The summed E-state index contributed by atoms with van der Waals surface area (Å²) in [4.78, 5) is 20.6. The van der Waals surface area contributed by atoms with Crippen LogP contribution >= 0.6 is 0 Å². The molecule has 3 heterocycles. The number of hydrogen-bond donors (Lipinski definition) is 1. The highest BCUT2D eigenvalue weighted by atomic mass is 16.1. The number of H-pyrrole nitrogens is 1. The number of aromatic nitrogens is 4. The van der Waals surface area contributed by atoms with Gasteiger partial charge in [0.05, 0.1) is 5.69 Å². The number of nitrogens with one attached hydrogen (secondary N) is 1. The SMILES string of the molecule is Cc1c(-c2nc3ccc(-c4ccccc4)cn3n2)[nH]c2ccccc2c1=O. The highest BCUT2D eigenvalue weighted by molar-refractivity contribution is 5.82. The second-order valence-electron chi connectivity index (χ2n) is 6.52. The minimum absolute atomic E-state index is 0.00295. The van der Waals surface area contributed by atoms with Gasteiger partial charge >= 0.3 is 0 Å². The van der Waals surface area contributed by atoms with Gasteiger partial charge in [0.2, 0.25) is 0 Å². The lowest BCUT2D eigenvalue weighted by Crippen LogP contribution is -2.09. The van der Waals surface area contributed by atoms with E-state index in [1.54, 1.807) is 4.52 Å². The molecule has 3 aromatic heterocycles. The van der Waals surface area contributed by atoms with Gasteiger partial charge in [-0.1, -0.05) is 42.5 Å². The normalized spacial score (nSPS) is 11.3. The minimum atomic E-state index is 0.00295. The Morgan fingerprint density at radius 1 is 0.889 bits per heavy atom. The van der Waals surface area contributed by atoms with Gasteiger partial charge in [0.15, 0.2) is 16.9 Å². The Labute approximate surface area is 154 Å². The maximum atomic E-state index is 12.7. The van der Waals surface area contributed by atoms with Crippen LogP contribution in [-0.2, 0) is 0 Å². The Morgan fingerprint density at radius 3 is 2.52 bits per heavy atom. The smallest absolute Gasteiger partial charge is 0.198 e. The zero-order chi connectivity index (χ0) is 18.4. The maximum Gasteiger partial charge on any atom is 0.198 e. The van der Waals surface area contributed by atoms with Crippen molar-refractivity contribution in [3.8, 4) is 22.6 Å². The van der Waals surface area contributed by atoms with Gasteiger partial charge in [-0.05, 0) is 36.8 Å². The Balaban J connectivity index is 1.69. The molecule has 5 rings (SSSR count). The van der Waals surface area contributed by atoms with Gasteiger partial charge in [-0.25, -0.2) is 9.50 Å². The van der Waals surface area contributed by atoms with E-state index >= 15 is 0 Å². The molecule has 0 spiro atoms. The van der Waals surface area contributed by atoms with E-state index in [1.807, 2.05) is 67.7 Å². The van der Waals surface area contributed by atoms with Crippen molar-refractivity contribution in [2.75, 3.05) is 0 Å². The zero-order valence-corrected chi connectivity index (χ0v) is 14.7. The Hall–Kier alpha value is -3.73. The van der Waals surface area contributed by atoms with E-state index in [0.717, 1.165) is 22.3 Å². The van der Waals surface area contributed by atoms with Gasteiger partial charge in [0.25, 0.3) is 0 Å². The molecule has 0 atom stereocenters. The summed E-state index contributed by atoms with van der Waals surface area (Å²) >= 11 is 0. The molecule has 5 aromatic rings. The number of aromatic amines is 1. The Kier molecular flexibility index (Phi) is 3.40. The summed E-state index contributed by atoms with van der Waals surface area (Å²) in [5.41, 5.74) is 4.97. The van der Waals surface area contributed by atoms with Crippen molar-refractivity contribution in [1.82, 2.24) is 19.6 Å². The second-order valence-corrected chi connectivity index (χ2v) is 6.52. The molecule has 130 valence electrons. The van der Waals surface area contributed by atoms with Crippen molar-refractivity contribution < 1.29 is 0 Å². The molecule has 0 saturated carbocycles. The van der Waals surface area contributed by atoms with Crippen molar-refractivity contribution in [3.63, 3.8) is 0 Å². The van der Waals surface area contributed by atoms with Crippen molar-refractivity contribution in [2.24, 2.45) is 0 Å². The lowest BCUT2D eigenvalue weighted by molar-refractivity contribution is 0.963. The molecule has 2 aromatic carbocycles. The predicted octanol–water partition coefficient (Wildman–Crippen LogP) is 4.21. The molecule has 0 aliphatic carbocycles. The molecule has 5 heteroatoms. The average Bonchev–Trinajstić information content (AvgIpc) is 3.14. The van der Waals surface area contributed by atoms with Crippen LogP contribution in [0.25, 0.3) is 39.2 Å². The van der Waals surface area contributed by atoms with Crippen LogP contribution in [-0.4, -0.2) is 19.6 Å².